The third-order valence-electron chi connectivity index (χ3n) is 10.3. The van der Waals surface area contributed by atoms with E-state index >= 15 is 0 Å². The fraction of sp³-hybridized carbons (Fsp3) is 0.559. The normalized spacial score (nSPS) is 32.3. The predicted molar refractivity (Wildman–Crippen MR) is 164 cm³/mol. The molecule has 1 spiro atoms. The number of halogens is 1. The van der Waals surface area contributed by atoms with E-state index in [0.29, 0.717) is 37.0 Å². The zero-order valence-corrected chi connectivity index (χ0v) is 25.5. The van der Waals surface area contributed by atoms with Crippen LogP contribution in [0, 0.1) is 11.8 Å². The molecule has 1 amide bonds. The van der Waals surface area contributed by atoms with E-state index in [-0.39, 0.29) is 23.8 Å². The van der Waals surface area contributed by atoms with Gasteiger partial charge in [-0.3, -0.25) is 4.79 Å². The van der Waals surface area contributed by atoms with E-state index in [1.165, 1.54) is 11.1 Å². The molecule has 42 heavy (non-hydrogen) atoms. The van der Waals surface area contributed by atoms with Crippen molar-refractivity contribution < 1.29 is 24.5 Å². The molecule has 2 N–H and O–H groups in total. The summed E-state index contributed by atoms with van der Waals surface area (Å²) in [6.07, 6.45) is 10.1. The Kier molecular flexibility index (Phi) is 8.31. The van der Waals surface area contributed by atoms with Crippen LogP contribution in [-0.4, -0.2) is 74.1 Å². The van der Waals surface area contributed by atoms with Crippen molar-refractivity contribution in [3.63, 3.8) is 0 Å². The minimum atomic E-state index is -1.70. The molecule has 0 saturated heterocycles. The Hall–Kier alpha value is -2.58. The van der Waals surface area contributed by atoms with Gasteiger partial charge in [0.15, 0.2) is 0 Å². The van der Waals surface area contributed by atoms with E-state index < -0.39 is 12.2 Å². The zero-order chi connectivity index (χ0) is 29.5. The highest BCUT2D eigenvalue weighted by Gasteiger charge is 2.45. The molecule has 5 atom stereocenters. The second-order valence-corrected chi connectivity index (χ2v) is 13.3. The summed E-state index contributed by atoms with van der Waals surface area (Å²) in [6.45, 7) is 2.14. The minimum Gasteiger partial charge on any atom is -0.490 e. The predicted octanol–water partition coefficient (Wildman–Crippen LogP) is 4.84. The Balaban J connectivity index is 1.44. The van der Waals surface area contributed by atoms with Crippen LogP contribution in [0.4, 0.5) is 5.69 Å². The molecule has 8 heteroatoms. The van der Waals surface area contributed by atoms with Crippen LogP contribution in [0.2, 0.25) is 5.02 Å². The number of rotatable bonds is 2. The molecule has 226 valence electrons. The van der Waals surface area contributed by atoms with Gasteiger partial charge < -0.3 is 29.5 Å². The number of amides is 1. The van der Waals surface area contributed by atoms with E-state index in [4.69, 9.17) is 21.1 Å². The molecular formula is C34H43ClN2O5. The standard InChI is InChI=1S/C34H43ClN2O5/c1-36-15-4-3-7-30(41-2)27-11-8-24(27)19-37-20-33(14-5-6-23-16-26(35)10-12-28(23)33)22-42-31-13-9-25(17-29(31)37)34(40,21-38)18-32(36)39/h3,7,9-10,12-13,16-17,24,27,30,38,40H,4-6,8,11,14-15,18-22H2,1-2H3/b7-3-/t24-,27+,30-,33-,34-/m0/s1. The molecule has 7 nitrogen and oxygen atoms in total. The first-order valence-electron chi connectivity index (χ1n) is 15.3. The maximum atomic E-state index is 13.2. The van der Waals surface area contributed by atoms with Gasteiger partial charge in [0, 0.05) is 44.2 Å². The summed E-state index contributed by atoms with van der Waals surface area (Å²) in [6, 6.07) is 11.9. The Morgan fingerprint density at radius 2 is 2.05 bits per heavy atom. The molecule has 2 aromatic carbocycles. The number of aliphatic hydroxyl groups excluding tert-OH is 1. The van der Waals surface area contributed by atoms with Gasteiger partial charge in [0.1, 0.15) is 11.4 Å². The lowest BCUT2D eigenvalue weighted by Crippen LogP contribution is -2.49. The summed E-state index contributed by atoms with van der Waals surface area (Å²) in [5.74, 6) is 1.39. The third-order valence-corrected chi connectivity index (χ3v) is 10.5. The van der Waals surface area contributed by atoms with E-state index in [1.807, 2.05) is 18.2 Å². The number of hydrogen-bond donors (Lipinski definition) is 2. The highest BCUT2D eigenvalue weighted by molar-refractivity contribution is 6.30. The highest BCUT2D eigenvalue weighted by Crippen LogP contribution is 2.47. The Bertz CT molecular complexity index is 1350. The molecule has 2 aromatic rings. The van der Waals surface area contributed by atoms with E-state index in [1.54, 1.807) is 25.1 Å². The number of hydrogen-bond acceptors (Lipinski definition) is 6. The number of aryl methyl sites for hydroxylation is 1. The van der Waals surface area contributed by atoms with Crippen LogP contribution < -0.4 is 9.64 Å². The molecule has 2 aliphatic heterocycles. The van der Waals surface area contributed by atoms with Crippen LogP contribution in [-0.2, 0) is 27.0 Å². The summed E-state index contributed by atoms with van der Waals surface area (Å²) in [5.41, 5.74) is 2.13. The topological polar surface area (TPSA) is 82.5 Å². The zero-order valence-electron chi connectivity index (χ0n) is 24.7. The van der Waals surface area contributed by atoms with Crippen LogP contribution in [0.25, 0.3) is 0 Å². The lowest BCUT2D eigenvalue weighted by atomic mass is 9.68. The number of anilines is 1. The van der Waals surface area contributed by atoms with Gasteiger partial charge in [-0.15, -0.1) is 0 Å². The van der Waals surface area contributed by atoms with Crippen molar-refractivity contribution in [2.75, 3.05) is 51.9 Å². The molecule has 0 unspecified atom stereocenters. The first-order chi connectivity index (χ1) is 20.2. The highest BCUT2D eigenvalue weighted by atomic mass is 35.5. The average Bonchev–Trinajstić information content (AvgIpc) is 3.12. The van der Waals surface area contributed by atoms with Crippen LogP contribution in [0.15, 0.2) is 48.6 Å². The fourth-order valence-electron chi connectivity index (χ4n) is 7.59. The van der Waals surface area contributed by atoms with Crippen LogP contribution in [0.1, 0.15) is 55.2 Å². The Morgan fingerprint density at radius 3 is 2.81 bits per heavy atom. The summed E-state index contributed by atoms with van der Waals surface area (Å²) in [5, 5.41) is 22.8. The van der Waals surface area contributed by atoms with Gasteiger partial charge in [0.05, 0.1) is 31.4 Å². The molecule has 1 saturated carbocycles. The van der Waals surface area contributed by atoms with Crippen molar-refractivity contribution >= 4 is 23.2 Å². The van der Waals surface area contributed by atoms with Crippen molar-refractivity contribution in [1.82, 2.24) is 4.90 Å². The molecular weight excluding hydrogens is 552 g/mol. The lowest BCUT2D eigenvalue weighted by Gasteiger charge is -2.46. The third kappa shape index (κ3) is 5.45. The second-order valence-electron chi connectivity index (χ2n) is 12.9. The van der Waals surface area contributed by atoms with E-state index in [9.17, 15) is 15.0 Å². The van der Waals surface area contributed by atoms with Crippen molar-refractivity contribution in [2.24, 2.45) is 11.8 Å². The number of aliphatic hydroxyl groups is 2. The number of carbonyl (C=O) groups excluding carboxylic acids is 1. The fourth-order valence-corrected chi connectivity index (χ4v) is 7.79. The van der Waals surface area contributed by atoms with Crippen molar-refractivity contribution in [1.29, 1.82) is 0 Å². The van der Waals surface area contributed by atoms with Gasteiger partial charge >= 0.3 is 0 Å². The van der Waals surface area contributed by atoms with Crippen LogP contribution in [0.3, 0.4) is 0 Å². The maximum absolute atomic E-state index is 13.2. The first kappa shape index (κ1) is 29.5. The maximum Gasteiger partial charge on any atom is 0.225 e. The summed E-state index contributed by atoms with van der Waals surface area (Å²) >= 11 is 6.42. The first-order valence-corrected chi connectivity index (χ1v) is 15.7. The van der Waals surface area contributed by atoms with Crippen LogP contribution in [0.5, 0.6) is 5.75 Å². The van der Waals surface area contributed by atoms with E-state index in [0.717, 1.165) is 61.7 Å². The van der Waals surface area contributed by atoms with Gasteiger partial charge in [-0.1, -0.05) is 35.9 Å². The summed E-state index contributed by atoms with van der Waals surface area (Å²) < 4.78 is 12.6. The average molecular weight is 595 g/mol. The molecule has 1 fully saturated rings. The molecule has 2 bridgehead atoms. The minimum absolute atomic E-state index is 0.0256. The van der Waals surface area contributed by atoms with Crippen molar-refractivity contribution in [3.8, 4) is 5.75 Å². The molecule has 6 rings (SSSR count). The molecule has 2 heterocycles. The largest absolute Gasteiger partial charge is 0.490 e. The number of ether oxygens (including phenoxy) is 2. The number of methoxy groups -OCH3 is 1. The summed E-state index contributed by atoms with van der Waals surface area (Å²) in [7, 11) is 3.53. The van der Waals surface area contributed by atoms with Gasteiger partial charge in [0.2, 0.25) is 5.91 Å². The number of benzene rings is 2. The van der Waals surface area contributed by atoms with Gasteiger partial charge in [-0.25, -0.2) is 0 Å². The molecule has 0 radical (unpaired) electrons. The number of nitrogens with zero attached hydrogens (tertiary/aromatic N) is 2. The van der Waals surface area contributed by atoms with Crippen LogP contribution >= 0.6 is 11.6 Å². The smallest absolute Gasteiger partial charge is 0.225 e. The van der Waals surface area contributed by atoms with Gasteiger partial charge in [-0.05, 0) is 91.3 Å². The van der Waals surface area contributed by atoms with Gasteiger partial charge in [-0.2, -0.15) is 0 Å². The quantitative estimate of drug-likeness (QED) is 0.484. The number of fused-ring (bicyclic) bond motifs is 4. The molecule has 0 aromatic heterocycles. The van der Waals surface area contributed by atoms with Gasteiger partial charge in [0.25, 0.3) is 0 Å². The van der Waals surface area contributed by atoms with Crippen molar-refractivity contribution in [3.05, 3.63) is 70.3 Å². The molecule has 2 aliphatic carbocycles. The number of carbonyl (C=O) groups is 1. The Morgan fingerprint density at radius 1 is 1.19 bits per heavy atom. The second kappa shape index (κ2) is 11.8. The van der Waals surface area contributed by atoms with E-state index in [2.05, 4.69) is 29.2 Å². The molecule has 4 aliphatic rings. The van der Waals surface area contributed by atoms with Crippen molar-refractivity contribution in [2.45, 2.75) is 62.1 Å². The summed E-state index contributed by atoms with van der Waals surface area (Å²) in [4.78, 5) is 17.2. The lowest BCUT2D eigenvalue weighted by molar-refractivity contribution is -0.137. The SMILES string of the molecule is CO[C@H]1/C=C\CCN(C)C(=O)C[C@](O)(CO)c2ccc3c(c2)N(C[C@@H]2CC[C@H]21)C[C@@]1(CCCc2cc(Cl)ccc21)CO3. The Labute approximate surface area is 254 Å². The monoisotopic (exact) mass is 594 g/mol.